The van der Waals surface area contributed by atoms with Gasteiger partial charge < -0.3 is 25.1 Å². The molecule has 128 valence electrons. The van der Waals surface area contributed by atoms with Crippen LogP contribution in [0.25, 0.3) is 11.1 Å². The number of carbonyl (C=O) groups is 1. The zero-order valence-electron chi connectivity index (χ0n) is 13.9. The van der Waals surface area contributed by atoms with Crippen LogP contribution >= 0.6 is 0 Å². The number of benzene rings is 2. The van der Waals surface area contributed by atoms with E-state index in [9.17, 15) is 4.79 Å². The van der Waals surface area contributed by atoms with Crippen LogP contribution in [0.2, 0.25) is 0 Å². The molecule has 0 fully saturated rings. The van der Waals surface area contributed by atoms with Gasteiger partial charge in [-0.2, -0.15) is 0 Å². The minimum absolute atomic E-state index is 0.211. The van der Waals surface area contributed by atoms with Crippen molar-refractivity contribution in [1.29, 1.82) is 0 Å². The first kappa shape index (κ1) is 17.6. The molecule has 0 radical (unpaired) electrons. The van der Waals surface area contributed by atoms with Crippen LogP contribution < -0.4 is 19.9 Å². The van der Waals surface area contributed by atoms with Crippen molar-refractivity contribution in [3.63, 3.8) is 0 Å². The minimum atomic E-state index is -1.04. The average Bonchev–Trinajstić information content (AvgIpc) is 2.60. The lowest BCUT2D eigenvalue weighted by molar-refractivity contribution is -0.138. The van der Waals surface area contributed by atoms with E-state index in [2.05, 4.69) is 0 Å². The SMILES string of the molecule is COc1ccc(-c2ccccc2C[C@H](N)C(=O)O)c(OC)c1OC. The molecule has 6 heteroatoms. The Balaban J connectivity index is 2.58. The second-order valence-corrected chi connectivity index (χ2v) is 5.19. The van der Waals surface area contributed by atoms with Crippen LogP contribution in [0.4, 0.5) is 0 Å². The Morgan fingerprint density at radius 3 is 2.25 bits per heavy atom. The Bertz CT molecular complexity index is 729. The zero-order chi connectivity index (χ0) is 17.7. The highest BCUT2D eigenvalue weighted by molar-refractivity contribution is 5.80. The van der Waals surface area contributed by atoms with Crippen LogP contribution in [0.5, 0.6) is 17.2 Å². The lowest BCUT2D eigenvalue weighted by Gasteiger charge is -2.18. The fraction of sp³-hybridized carbons (Fsp3) is 0.278. The number of carboxylic acids is 1. The van der Waals surface area contributed by atoms with Crippen LogP contribution in [-0.4, -0.2) is 38.4 Å². The summed E-state index contributed by atoms with van der Waals surface area (Å²) in [5, 5.41) is 9.07. The third kappa shape index (κ3) is 3.44. The maximum atomic E-state index is 11.1. The van der Waals surface area contributed by atoms with E-state index >= 15 is 0 Å². The molecular weight excluding hydrogens is 310 g/mol. The monoisotopic (exact) mass is 331 g/mol. The van der Waals surface area contributed by atoms with Gasteiger partial charge in [0.2, 0.25) is 5.75 Å². The summed E-state index contributed by atoms with van der Waals surface area (Å²) in [5.74, 6) is 0.518. The van der Waals surface area contributed by atoms with E-state index in [1.54, 1.807) is 20.3 Å². The van der Waals surface area contributed by atoms with E-state index < -0.39 is 12.0 Å². The van der Waals surface area contributed by atoms with Gasteiger partial charge in [0.15, 0.2) is 11.5 Å². The second kappa shape index (κ2) is 7.70. The summed E-state index contributed by atoms with van der Waals surface area (Å²) >= 11 is 0. The van der Waals surface area contributed by atoms with Crippen molar-refractivity contribution in [3.8, 4) is 28.4 Å². The minimum Gasteiger partial charge on any atom is -0.493 e. The van der Waals surface area contributed by atoms with Crippen molar-refractivity contribution in [3.05, 3.63) is 42.0 Å². The third-order valence-corrected chi connectivity index (χ3v) is 3.77. The molecule has 0 bridgehead atoms. The number of hydrogen-bond donors (Lipinski definition) is 2. The van der Waals surface area contributed by atoms with Gasteiger partial charge in [-0.05, 0) is 29.7 Å². The molecule has 2 aromatic rings. The van der Waals surface area contributed by atoms with Gasteiger partial charge in [-0.25, -0.2) is 0 Å². The molecule has 6 nitrogen and oxygen atoms in total. The van der Waals surface area contributed by atoms with Gasteiger partial charge in [0.05, 0.1) is 21.3 Å². The van der Waals surface area contributed by atoms with Gasteiger partial charge in [0.1, 0.15) is 6.04 Å². The van der Waals surface area contributed by atoms with Gasteiger partial charge >= 0.3 is 5.97 Å². The van der Waals surface area contributed by atoms with Crippen LogP contribution in [0.1, 0.15) is 5.56 Å². The Morgan fingerprint density at radius 1 is 1.00 bits per heavy atom. The number of carboxylic acid groups (broad SMARTS) is 1. The Kier molecular flexibility index (Phi) is 5.65. The highest BCUT2D eigenvalue weighted by Gasteiger charge is 2.20. The molecule has 0 unspecified atom stereocenters. The van der Waals surface area contributed by atoms with E-state index in [0.29, 0.717) is 17.2 Å². The summed E-state index contributed by atoms with van der Waals surface area (Å²) in [6.07, 6.45) is 0.211. The number of methoxy groups -OCH3 is 3. The van der Waals surface area contributed by atoms with Gasteiger partial charge in [-0.3, -0.25) is 4.79 Å². The largest absolute Gasteiger partial charge is 0.493 e. The third-order valence-electron chi connectivity index (χ3n) is 3.77. The summed E-state index contributed by atoms with van der Waals surface area (Å²) in [6, 6.07) is 10.1. The molecule has 2 aromatic carbocycles. The zero-order valence-corrected chi connectivity index (χ0v) is 13.9. The number of ether oxygens (including phenoxy) is 3. The molecule has 1 atom stereocenters. The first-order chi connectivity index (χ1) is 11.5. The van der Waals surface area contributed by atoms with Gasteiger partial charge in [-0.1, -0.05) is 24.3 Å². The molecule has 2 rings (SSSR count). The fourth-order valence-electron chi connectivity index (χ4n) is 2.60. The van der Waals surface area contributed by atoms with Crippen molar-refractivity contribution < 1.29 is 24.1 Å². The lowest BCUT2D eigenvalue weighted by atomic mass is 9.94. The Morgan fingerprint density at radius 2 is 1.67 bits per heavy atom. The van der Waals surface area contributed by atoms with E-state index in [1.807, 2.05) is 30.3 Å². The smallest absolute Gasteiger partial charge is 0.320 e. The number of aliphatic carboxylic acids is 1. The second-order valence-electron chi connectivity index (χ2n) is 5.19. The molecule has 0 aliphatic heterocycles. The summed E-state index contributed by atoms with van der Waals surface area (Å²) in [4.78, 5) is 11.1. The van der Waals surface area contributed by atoms with Crippen molar-refractivity contribution >= 4 is 5.97 Å². The lowest BCUT2D eigenvalue weighted by Crippen LogP contribution is -2.32. The molecule has 0 saturated heterocycles. The summed E-state index contributed by atoms with van der Waals surface area (Å²) in [5.41, 5.74) is 8.13. The fourth-order valence-corrected chi connectivity index (χ4v) is 2.60. The summed E-state index contributed by atoms with van der Waals surface area (Å²) in [6.45, 7) is 0. The van der Waals surface area contributed by atoms with E-state index in [1.165, 1.54) is 7.11 Å². The Labute approximate surface area is 140 Å². The number of nitrogens with two attached hydrogens (primary N) is 1. The first-order valence-corrected chi connectivity index (χ1v) is 7.39. The van der Waals surface area contributed by atoms with E-state index in [4.69, 9.17) is 25.1 Å². The van der Waals surface area contributed by atoms with Crippen molar-refractivity contribution in [2.45, 2.75) is 12.5 Å². The highest BCUT2D eigenvalue weighted by atomic mass is 16.5. The van der Waals surface area contributed by atoms with Crippen LogP contribution in [-0.2, 0) is 11.2 Å². The summed E-state index contributed by atoms with van der Waals surface area (Å²) in [7, 11) is 4.64. The molecule has 0 aliphatic rings. The van der Waals surface area contributed by atoms with Crippen molar-refractivity contribution in [2.24, 2.45) is 5.73 Å². The van der Waals surface area contributed by atoms with Gasteiger partial charge in [-0.15, -0.1) is 0 Å². The predicted octanol–water partition coefficient (Wildman–Crippen LogP) is 2.33. The molecular formula is C18H21NO5. The first-order valence-electron chi connectivity index (χ1n) is 7.39. The average molecular weight is 331 g/mol. The quantitative estimate of drug-likeness (QED) is 0.809. The van der Waals surface area contributed by atoms with Gasteiger partial charge in [0.25, 0.3) is 0 Å². The van der Waals surface area contributed by atoms with Crippen molar-refractivity contribution in [1.82, 2.24) is 0 Å². The molecule has 0 spiro atoms. The molecule has 0 aromatic heterocycles. The molecule has 0 amide bonds. The number of hydrogen-bond acceptors (Lipinski definition) is 5. The van der Waals surface area contributed by atoms with Crippen LogP contribution in [0.3, 0.4) is 0 Å². The normalized spacial score (nSPS) is 11.7. The van der Waals surface area contributed by atoms with Crippen LogP contribution in [0.15, 0.2) is 36.4 Å². The van der Waals surface area contributed by atoms with Gasteiger partial charge in [0, 0.05) is 5.56 Å². The maximum absolute atomic E-state index is 11.1. The Hall–Kier alpha value is -2.73. The molecule has 0 aliphatic carbocycles. The molecule has 0 saturated carbocycles. The molecule has 3 N–H and O–H groups in total. The van der Waals surface area contributed by atoms with E-state index in [0.717, 1.165) is 16.7 Å². The molecule has 24 heavy (non-hydrogen) atoms. The van der Waals surface area contributed by atoms with E-state index in [-0.39, 0.29) is 6.42 Å². The highest BCUT2D eigenvalue weighted by Crippen LogP contribution is 2.45. The topological polar surface area (TPSA) is 91.0 Å². The molecule has 0 heterocycles. The van der Waals surface area contributed by atoms with Crippen LogP contribution in [0, 0.1) is 0 Å². The predicted molar refractivity (Wildman–Crippen MR) is 90.8 cm³/mol. The maximum Gasteiger partial charge on any atom is 0.320 e. The van der Waals surface area contributed by atoms with Crippen molar-refractivity contribution in [2.75, 3.05) is 21.3 Å². The standard InChI is InChI=1S/C18H21NO5/c1-22-15-9-8-13(16(23-2)17(15)24-3)12-7-5-4-6-11(12)10-14(19)18(20)21/h4-9,14H,10,19H2,1-3H3,(H,20,21)/t14-/m0/s1. The summed E-state index contributed by atoms with van der Waals surface area (Å²) < 4.78 is 16.2. The number of rotatable bonds is 7.